The first-order chi connectivity index (χ1) is 5.66. The van der Waals surface area contributed by atoms with Gasteiger partial charge in [-0.3, -0.25) is 0 Å². The largest absolute Gasteiger partial charge is 0.477 e. The van der Waals surface area contributed by atoms with E-state index in [9.17, 15) is 4.79 Å². The van der Waals surface area contributed by atoms with Crippen LogP contribution in [0.5, 0.6) is 0 Å². The van der Waals surface area contributed by atoms with Crippen LogP contribution in [0.15, 0.2) is 27.7 Å². The van der Waals surface area contributed by atoms with E-state index in [1.54, 1.807) is 17.8 Å². The molecule has 1 atom stereocenters. The Balaban J connectivity index is 2.34. The zero-order chi connectivity index (χ0) is 8.72. The van der Waals surface area contributed by atoms with Gasteiger partial charge in [0.25, 0.3) is 0 Å². The second-order valence-electron chi connectivity index (χ2n) is 2.69. The highest BCUT2D eigenvalue weighted by Crippen LogP contribution is 2.39. The van der Waals surface area contributed by atoms with Crippen molar-refractivity contribution >= 4 is 23.4 Å². The van der Waals surface area contributed by atoms with Crippen LogP contribution in [0, 0.1) is 0 Å². The zero-order valence-electron chi connectivity index (χ0n) is 6.44. The van der Waals surface area contributed by atoms with E-state index >= 15 is 0 Å². The summed E-state index contributed by atoms with van der Waals surface area (Å²) >= 11 is 1.65. The molecule has 2 aliphatic heterocycles. The maximum Gasteiger partial charge on any atom is 0.354 e. The highest BCUT2D eigenvalue weighted by atomic mass is 32.2. The SMILES string of the molecule is C[C@@H]1C=C2N=C(C(=O)O)C=C2S1. The minimum Gasteiger partial charge on any atom is -0.477 e. The molecule has 0 aliphatic carbocycles. The van der Waals surface area contributed by atoms with E-state index < -0.39 is 5.97 Å². The molecule has 2 aliphatic rings. The van der Waals surface area contributed by atoms with Crippen LogP contribution < -0.4 is 0 Å². The number of hydrogen-bond donors (Lipinski definition) is 1. The van der Waals surface area contributed by atoms with Crippen LogP contribution in [0.2, 0.25) is 0 Å². The minimum atomic E-state index is -0.953. The predicted molar refractivity (Wildman–Crippen MR) is 48.3 cm³/mol. The summed E-state index contributed by atoms with van der Waals surface area (Å²) in [6, 6.07) is 0. The van der Waals surface area contributed by atoms with Crippen LogP contribution in [-0.2, 0) is 4.79 Å². The van der Waals surface area contributed by atoms with Crippen molar-refractivity contribution in [2.45, 2.75) is 12.2 Å². The van der Waals surface area contributed by atoms with Gasteiger partial charge in [-0.05, 0) is 19.1 Å². The van der Waals surface area contributed by atoms with Gasteiger partial charge >= 0.3 is 5.97 Å². The third-order valence-corrected chi connectivity index (χ3v) is 2.77. The Morgan fingerprint density at radius 1 is 1.75 bits per heavy atom. The van der Waals surface area contributed by atoms with E-state index in [4.69, 9.17) is 5.11 Å². The molecule has 0 bridgehead atoms. The number of hydrogen-bond acceptors (Lipinski definition) is 3. The third-order valence-electron chi connectivity index (χ3n) is 1.69. The summed E-state index contributed by atoms with van der Waals surface area (Å²) in [5.74, 6) is -0.953. The molecule has 0 aromatic heterocycles. The Kier molecular flexibility index (Phi) is 1.58. The molecule has 0 spiro atoms. The molecule has 12 heavy (non-hydrogen) atoms. The van der Waals surface area contributed by atoms with E-state index in [1.165, 1.54) is 0 Å². The lowest BCUT2D eigenvalue weighted by Gasteiger charge is -1.93. The maximum absolute atomic E-state index is 10.5. The summed E-state index contributed by atoms with van der Waals surface area (Å²) in [5.41, 5.74) is 0.973. The van der Waals surface area contributed by atoms with E-state index in [2.05, 4.69) is 11.9 Å². The molecule has 0 radical (unpaired) electrons. The van der Waals surface area contributed by atoms with E-state index in [1.807, 2.05) is 6.08 Å². The highest BCUT2D eigenvalue weighted by Gasteiger charge is 2.25. The van der Waals surface area contributed by atoms with Gasteiger partial charge in [-0.2, -0.15) is 0 Å². The summed E-state index contributed by atoms with van der Waals surface area (Å²) in [5, 5.41) is 9.04. The highest BCUT2D eigenvalue weighted by molar-refractivity contribution is 8.04. The second-order valence-corrected chi connectivity index (χ2v) is 4.10. The number of thioether (sulfide) groups is 1. The molecule has 0 amide bonds. The van der Waals surface area contributed by atoms with Crippen molar-refractivity contribution in [3.63, 3.8) is 0 Å². The van der Waals surface area contributed by atoms with Crippen LogP contribution in [-0.4, -0.2) is 22.0 Å². The molecule has 0 saturated carbocycles. The first-order valence-electron chi connectivity index (χ1n) is 3.59. The lowest BCUT2D eigenvalue weighted by Crippen LogP contribution is -2.07. The van der Waals surface area contributed by atoms with Crippen LogP contribution in [0.3, 0.4) is 0 Å². The number of carbonyl (C=O) groups is 1. The van der Waals surface area contributed by atoms with Gasteiger partial charge < -0.3 is 5.11 Å². The quantitative estimate of drug-likeness (QED) is 0.665. The van der Waals surface area contributed by atoms with Crippen molar-refractivity contribution in [3.05, 3.63) is 22.8 Å². The molecule has 0 aromatic rings. The van der Waals surface area contributed by atoms with Crippen LogP contribution in [0.25, 0.3) is 0 Å². The van der Waals surface area contributed by atoms with Crippen LogP contribution in [0.1, 0.15) is 6.92 Å². The van der Waals surface area contributed by atoms with Gasteiger partial charge in [-0.25, -0.2) is 9.79 Å². The second kappa shape index (κ2) is 2.48. The lowest BCUT2D eigenvalue weighted by molar-refractivity contribution is -0.129. The van der Waals surface area contributed by atoms with E-state index in [-0.39, 0.29) is 5.71 Å². The normalized spacial score (nSPS) is 26.1. The van der Waals surface area contributed by atoms with Crippen molar-refractivity contribution in [3.8, 4) is 0 Å². The average molecular weight is 181 g/mol. The summed E-state index contributed by atoms with van der Waals surface area (Å²) in [7, 11) is 0. The van der Waals surface area contributed by atoms with Crippen molar-refractivity contribution in [2.24, 2.45) is 4.99 Å². The van der Waals surface area contributed by atoms with Crippen molar-refractivity contribution in [1.82, 2.24) is 0 Å². The number of carboxylic acids is 1. The molecular weight excluding hydrogens is 174 g/mol. The molecule has 0 saturated heterocycles. The molecule has 62 valence electrons. The fourth-order valence-corrected chi connectivity index (χ4v) is 2.21. The molecule has 2 heterocycles. The summed E-state index contributed by atoms with van der Waals surface area (Å²) in [6.45, 7) is 2.06. The Labute approximate surface area is 73.9 Å². The molecule has 3 nitrogen and oxygen atoms in total. The van der Waals surface area contributed by atoms with Crippen molar-refractivity contribution in [2.75, 3.05) is 0 Å². The minimum absolute atomic E-state index is 0.149. The number of rotatable bonds is 1. The fraction of sp³-hybridized carbons (Fsp3) is 0.250. The summed E-state index contributed by atoms with van der Waals surface area (Å²) in [4.78, 5) is 15.5. The fourth-order valence-electron chi connectivity index (χ4n) is 1.20. The number of fused-ring (bicyclic) bond motifs is 1. The molecule has 0 aromatic carbocycles. The molecule has 4 heteroatoms. The van der Waals surface area contributed by atoms with Gasteiger partial charge in [0.15, 0.2) is 0 Å². The van der Waals surface area contributed by atoms with E-state index in [0.717, 1.165) is 10.6 Å². The van der Waals surface area contributed by atoms with Crippen molar-refractivity contribution in [1.29, 1.82) is 0 Å². The van der Waals surface area contributed by atoms with E-state index in [0.29, 0.717) is 5.25 Å². The first-order valence-corrected chi connectivity index (χ1v) is 4.47. The lowest BCUT2D eigenvalue weighted by atomic mass is 10.3. The molecule has 0 unspecified atom stereocenters. The summed E-state index contributed by atoms with van der Waals surface area (Å²) in [6.07, 6.45) is 3.61. The number of carboxylic acid groups (broad SMARTS) is 1. The summed E-state index contributed by atoms with van der Waals surface area (Å²) < 4.78 is 0. The van der Waals surface area contributed by atoms with Gasteiger partial charge in [0.1, 0.15) is 5.71 Å². The average Bonchev–Trinajstić information content (AvgIpc) is 2.42. The van der Waals surface area contributed by atoms with Crippen LogP contribution >= 0.6 is 11.8 Å². The number of aliphatic carboxylic acids is 1. The Hall–Kier alpha value is -1.03. The zero-order valence-corrected chi connectivity index (χ0v) is 7.26. The Morgan fingerprint density at radius 3 is 3.08 bits per heavy atom. The smallest absolute Gasteiger partial charge is 0.354 e. The maximum atomic E-state index is 10.5. The molecular formula is C8H7NO2S. The van der Waals surface area contributed by atoms with Gasteiger partial charge in [-0.1, -0.05) is 0 Å². The van der Waals surface area contributed by atoms with Gasteiger partial charge in [0.2, 0.25) is 0 Å². The topological polar surface area (TPSA) is 49.7 Å². The molecule has 2 rings (SSSR count). The standard InChI is InChI=1S/C8H7NO2S/c1-4-2-5-7(12-4)3-6(9-5)8(10)11/h2-4H,1H3,(H,10,11)/t4-/m1/s1. The Bertz CT molecular complexity index is 338. The van der Waals surface area contributed by atoms with Gasteiger partial charge in [0, 0.05) is 10.2 Å². The first kappa shape index (κ1) is 7.61. The number of aliphatic imine (C=N–C) groups is 1. The van der Waals surface area contributed by atoms with Gasteiger partial charge in [-0.15, -0.1) is 11.8 Å². The molecule has 1 N–H and O–H groups in total. The molecule has 0 fully saturated rings. The number of nitrogens with zero attached hydrogens (tertiary/aromatic N) is 1. The predicted octanol–water partition coefficient (Wildman–Crippen LogP) is 1.43. The monoisotopic (exact) mass is 181 g/mol. The van der Waals surface area contributed by atoms with Crippen molar-refractivity contribution < 1.29 is 9.90 Å². The van der Waals surface area contributed by atoms with Crippen LogP contribution in [0.4, 0.5) is 0 Å². The van der Waals surface area contributed by atoms with Gasteiger partial charge in [0.05, 0.1) is 5.70 Å². The Morgan fingerprint density at radius 2 is 2.50 bits per heavy atom. The third kappa shape index (κ3) is 1.08.